The number of methoxy groups -OCH3 is 1. The molecule has 8 heteroatoms. The Labute approximate surface area is 136 Å². The molecule has 3 N–H and O–H groups in total. The van der Waals surface area contributed by atoms with Crippen molar-refractivity contribution < 1.29 is 13.9 Å². The minimum atomic E-state index is -0.493. The topological polar surface area (TPSA) is 89.8 Å². The fourth-order valence-electron chi connectivity index (χ4n) is 1.68. The van der Waals surface area contributed by atoms with Gasteiger partial charge in [0, 0.05) is 5.56 Å². The largest absolute Gasteiger partial charge is 0.465 e. The smallest absolute Gasteiger partial charge is 0.339 e. The Morgan fingerprint density at radius 1 is 1.45 bits per heavy atom. The van der Waals surface area contributed by atoms with E-state index in [1.54, 1.807) is 30.3 Å². The average Bonchev–Trinajstić information content (AvgIpc) is 2.95. The molecule has 2 rings (SSSR count). The predicted molar refractivity (Wildman–Crippen MR) is 88.0 cm³/mol. The second-order valence-corrected chi connectivity index (χ2v) is 4.97. The summed E-state index contributed by atoms with van der Waals surface area (Å²) in [6, 6.07) is 8.40. The van der Waals surface area contributed by atoms with Gasteiger partial charge in [-0.1, -0.05) is 17.7 Å². The van der Waals surface area contributed by atoms with Crippen LogP contribution in [0.2, 0.25) is 5.02 Å². The van der Waals surface area contributed by atoms with Gasteiger partial charge in [0.2, 0.25) is 0 Å². The maximum Gasteiger partial charge on any atom is 0.339 e. The number of nitrogens with zero attached hydrogens (tertiary/aromatic N) is 1. The van der Waals surface area contributed by atoms with Crippen molar-refractivity contribution in [3.63, 3.8) is 0 Å². The van der Waals surface area contributed by atoms with Gasteiger partial charge in [-0.25, -0.2) is 4.79 Å². The molecule has 1 aromatic carbocycles. The number of nitrogens with two attached hydrogens (primary N) is 1. The van der Waals surface area contributed by atoms with Crippen molar-refractivity contribution in [3.8, 4) is 11.3 Å². The lowest BCUT2D eigenvalue weighted by Gasteiger charge is -2.04. The number of ether oxygens (including phenoxy) is 1. The summed E-state index contributed by atoms with van der Waals surface area (Å²) < 4.78 is 10.2. The van der Waals surface area contributed by atoms with E-state index in [-0.39, 0.29) is 10.1 Å². The summed E-state index contributed by atoms with van der Waals surface area (Å²) in [5, 5.41) is 4.14. The van der Waals surface area contributed by atoms with E-state index in [4.69, 9.17) is 21.8 Å². The molecule has 0 amide bonds. The molecule has 0 saturated heterocycles. The Morgan fingerprint density at radius 3 is 2.86 bits per heavy atom. The van der Waals surface area contributed by atoms with Crippen LogP contribution in [0.25, 0.3) is 11.3 Å². The summed E-state index contributed by atoms with van der Waals surface area (Å²) in [6.45, 7) is 0. The van der Waals surface area contributed by atoms with Crippen LogP contribution in [0, 0.1) is 0 Å². The number of thiocarbonyl (C=S) groups is 1. The van der Waals surface area contributed by atoms with Crippen LogP contribution >= 0.6 is 23.8 Å². The van der Waals surface area contributed by atoms with E-state index in [0.29, 0.717) is 17.1 Å². The van der Waals surface area contributed by atoms with E-state index >= 15 is 0 Å². The van der Waals surface area contributed by atoms with Crippen LogP contribution in [-0.4, -0.2) is 24.4 Å². The minimum Gasteiger partial charge on any atom is -0.465 e. The molecular weight excluding hydrogens is 326 g/mol. The van der Waals surface area contributed by atoms with Crippen LogP contribution in [0.1, 0.15) is 16.1 Å². The Hall–Kier alpha value is -2.38. The molecule has 1 aromatic heterocycles. The van der Waals surface area contributed by atoms with Crippen molar-refractivity contribution in [2.45, 2.75) is 0 Å². The molecule has 2 aromatic rings. The summed E-state index contributed by atoms with van der Waals surface area (Å²) in [5.41, 5.74) is 8.68. The molecule has 0 radical (unpaired) electrons. The number of rotatable bonds is 4. The van der Waals surface area contributed by atoms with Crippen molar-refractivity contribution in [2.24, 2.45) is 10.8 Å². The Kier molecular flexibility index (Phi) is 5.13. The molecule has 22 heavy (non-hydrogen) atoms. The van der Waals surface area contributed by atoms with Gasteiger partial charge in [0.05, 0.1) is 23.9 Å². The summed E-state index contributed by atoms with van der Waals surface area (Å²) in [4.78, 5) is 11.5. The van der Waals surface area contributed by atoms with Crippen LogP contribution < -0.4 is 11.2 Å². The zero-order valence-corrected chi connectivity index (χ0v) is 13.1. The molecule has 0 aliphatic heterocycles. The van der Waals surface area contributed by atoms with Gasteiger partial charge < -0.3 is 14.9 Å². The van der Waals surface area contributed by atoms with Gasteiger partial charge in [-0.3, -0.25) is 5.43 Å². The van der Waals surface area contributed by atoms with Gasteiger partial charge in [0.25, 0.3) is 0 Å². The van der Waals surface area contributed by atoms with Gasteiger partial charge in [0.1, 0.15) is 11.5 Å². The van der Waals surface area contributed by atoms with Crippen LogP contribution in [-0.2, 0) is 4.74 Å². The van der Waals surface area contributed by atoms with Crippen molar-refractivity contribution in [1.29, 1.82) is 0 Å². The highest BCUT2D eigenvalue weighted by atomic mass is 35.5. The lowest BCUT2D eigenvalue weighted by molar-refractivity contribution is 0.0601. The van der Waals surface area contributed by atoms with E-state index in [1.165, 1.54) is 13.3 Å². The van der Waals surface area contributed by atoms with Crippen LogP contribution in [0.4, 0.5) is 0 Å². The van der Waals surface area contributed by atoms with E-state index in [0.717, 1.165) is 5.56 Å². The fourth-order valence-corrected chi connectivity index (χ4v) is 1.99. The maximum atomic E-state index is 11.5. The zero-order chi connectivity index (χ0) is 16.1. The third kappa shape index (κ3) is 3.84. The average molecular weight is 338 g/mol. The van der Waals surface area contributed by atoms with E-state index in [1.807, 2.05) is 0 Å². The maximum absolute atomic E-state index is 11.5. The van der Waals surface area contributed by atoms with Gasteiger partial charge in [-0.05, 0) is 36.5 Å². The number of carbonyl (C=O) groups is 1. The first kappa shape index (κ1) is 16.0. The summed E-state index contributed by atoms with van der Waals surface area (Å²) in [6.07, 6.45) is 1.44. The van der Waals surface area contributed by atoms with Crippen molar-refractivity contribution in [1.82, 2.24) is 5.43 Å². The minimum absolute atomic E-state index is 0.0632. The van der Waals surface area contributed by atoms with Gasteiger partial charge >= 0.3 is 5.97 Å². The Morgan fingerprint density at radius 2 is 2.23 bits per heavy atom. The molecule has 0 unspecified atom stereocenters. The molecule has 6 nitrogen and oxygen atoms in total. The van der Waals surface area contributed by atoms with Crippen molar-refractivity contribution in [2.75, 3.05) is 7.11 Å². The number of carbonyl (C=O) groups excluding carboxylic acids is 1. The molecular formula is C14H12ClN3O3S. The van der Waals surface area contributed by atoms with Crippen LogP contribution in [0.3, 0.4) is 0 Å². The molecule has 0 bridgehead atoms. The first-order valence-corrected chi connectivity index (χ1v) is 6.86. The Bertz CT molecular complexity index is 743. The second kappa shape index (κ2) is 7.06. The number of hydrazone groups is 1. The lowest BCUT2D eigenvalue weighted by atomic mass is 10.1. The molecule has 0 atom stereocenters. The second-order valence-electron chi connectivity index (χ2n) is 4.12. The standard InChI is InChI=1S/C14H12ClN3O3S/c1-20-13(19)10-4-2-8(6-11(10)15)12-5-3-9(21-12)7-17-18-14(16)22/h2-7H,1H3,(H3,16,18,22). The molecule has 0 spiro atoms. The van der Waals surface area contributed by atoms with Gasteiger partial charge in [-0.15, -0.1) is 0 Å². The number of nitrogens with one attached hydrogen (secondary N) is 1. The summed E-state index contributed by atoms with van der Waals surface area (Å²) in [5.74, 6) is 0.592. The quantitative estimate of drug-likeness (QED) is 0.386. The first-order chi connectivity index (χ1) is 10.5. The molecule has 0 fully saturated rings. The van der Waals surface area contributed by atoms with E-state index < -0.39 is 5.97 Å². The van der Waals surface area contributed by atoms with Gasteiger partial charge in [0.15, 0.2) is 5.11 Å². The highest BCUT2D eigenvalue weighted by molar-refractivity contribution is 7.80. The number of furan rings is 1. The highest BCUT2D eigenvalue weighted by Crippen LogP contribution is 2.27. The number of hydrogen-bond donors (Lipinski definition) is 2. The third-order valence-corrected chi connectivity index (χ3v) is 3.06. The van der Waals surface area contributed by atoms with Crippen molar-refractivity contribution >= 4 is 41.1 Å². The molecule has 0 aliphatic carbocycles. The number of hydrogen-bond acceptors (Lipinski definition) is 5. The Balaban J connectivity index is 2.21. The van der Waals surface area contributed by atoms with E-state index in [9.17, 15) is 4.79 Å². The van der Waals surface area contributed by atoms with Crippen LogP contribution in [0.15, 0.2) is 39.9 Å². The number of halogens is 1. The highest BCUT2D eigenvalue weighted by Gasteiger charge is 2.12. The zero-order valence-electron chi connectivity index (χ0n) is 11.5. The first-order valence-electron chi connectivity index (χ1n) is 6.08. The molecule has 0 saturated carbocycles. The molecule has 1 heterocycles. The molecule has 114 valence electrons. The lowest BCUT2D eigenvalue weighted by Crippen LogP contribution is -2.23. The van der Waals surface area contributed by atoms with Gasteiger partial charge in [-0.2, -0.15) is 5.10 Å². The SMILES string of the molecule is COC(=O)c1ccc(-c2ccc(C=NNC(N)=S)o2)cc1Cl. The monoisotopic (exact) mass is 337 g/mol. The number of benzene rings is 1. The fraction of sp³-hybridized carbons (Fsp3) is 0.0714. The summed E-state index contributed by atoms with van der Waals surface area (Å²) in [7, 11) is 1.30. The summed E-state index contributed by atoms with van der Waals surface area (Å²) >= 11 is 10.7. The van der Waals surface area contributed by atoms with Crippen molar-refractivity contribution in [3.05, 3.63) is 46.7 Å². The predicted octanol–water partition coefficient (Wildman–Crippen LogP) is 2.55. The normalized spacial score (nSPS) is 10.6. The van der Waals surface area contributed by atoms with Crippen LogP contribution in [0.5, 0.6) is 0 Å². The van der Waals surface area contributed by atoms with E-state index in [2.05, 4.69) is 27.5 Å². The molecule has 0 aliphatic rings. The number of esters is 1. The third-order valence-electron chi connectivity index (χ3n) is 2.65.